The molecule has 0 aromatic heterocycles. The quantitative estimate of drug-likeness (QED) is 0.0156. The normalized spacial score (nSPS) is 16.4. The Hall–Kier alpha value is -0.560. The molecule has 0 bridgehead atoms. The van der Waals surface area contributed by atoms with E-state index >= 15 is 0 Å². The third-order valence-electron chi connectivity index (χ3n) is 22.1. The van der Waals surface area contributed by atoms with Gasteiger partial charge in [-0.05, 0) is 183 Å². The molecule has 2 fully saturated rings. The molecule has 0 aromatic carbocycles. The van der Waals surface area contributed by atoms with Crippen LogP contribution in [0.1, 0.15) is 198 Å². The Kier molecular flexibility index (Phi) is 95.3. The maximum Gasteiger partial charge on any atom is 0.141 e. The van der Waals surface area contributed by atoms with Crippen molar-refractivity contribution >= 4 is 50.6 Å². The highest BCUT2D eigenvalue weighted by Gasteiger charge is 2.42. The van der Waals surface area contributed by atoms with Crippen LogP contribution >= 0.6 is 0 Å². The molecule has 6 unspecified atom stereocenters. The van der Waals surface area contributed by atoms with E-state index in [1.165, 1.54) is 139 Å². The Balaban J connectivity index is -0.000000181. The van der Waals surface area contributed by atoms with E-state index in [0.717, 1.165) is 31.5 Å². The van der Waals surface area contributed by atoms with Crippen molar-refractivity contribution in [1.29, 1.82) is 0 Å². The van der Waals surface area contributed by atoms with Crippen LogP contribution in [0.2, 0.25) is 0 Å². The third kappa shape index (κ3) is 106. The second-order valence-corrected chi connectivity index (χ2v) is 45.3. The third-order valence-corrected chi connectivity index (χ3v) is 25.9. The second kappa shape index (κ2) is 84.2. The molecule has 44 heteroatoms. The lowest BCUT2D eigenvalue weighted by Gasteiger charge is -2.47. The predicted molar refractivity (Wildman–Crippen MR) is 513 cm³/mol. The molecule has 2 aliphatic rings. The molecule has 1 aliphatic carbocycles. The summed E-state index contributed by atoms with van der Waals surface area (Å²) in [5.74, 6) is -1.43. The molecule has 1 heterocycles. The average molecular weight is 2080 g/mol. The molecule has 8 atom stereocenters. The van der Waals surface area contributed by atoms with Crippen LogP contribution in [0, 0.1) is 5.92 Å². The zero-order valence-corrected chi connectivity index (χ0v) is 91.9. The topological polar surface area (TPSA) is 514 Å². The van der Waals surface area contributed by atoms with Gasteiger partial charge in [0.05, 0.1) is 222 Å². The summed E-state index contributed by atoms with van der Waals surface area (Å²) in [7, 11) is 10.7. The standard InChI is InChI=1S/C12H28N2.C12H29N2.C10H25N2.C10H23NO5S.C9H21NO6S.C9H21NO5S.C9H21NO4S.C8H19NO5S.C7H15N.BrH.ClH/c1-13(2,3)11-9-7-8-10-12(11)14(4,5)6;1-6-9-11-14(4,5)12-10-13(7-2)8-3;1-6-7-9-12(4,5)10-8-11(2)3;1-2-10(13)9-11(6-7-12)5-3-4-8-17(14,15)16;1-2-8(12)5-10(3-4-11)6-9(13)7-17(14,15)16;1-2-9(12)8-10(5-6-11)4-3-7-16(13,14)15;1-3-9(11)8-10(2)6-4-5-7-15(12,13)14;1-2-8(11)7-9(3-5-10)4-6-15(12,13)14;1-7-3-5-8(2)6-4-7;;/h11-12H,7-10H2,1-6H3;6-12H2,1-5H3;6-10H2,1-5H3;10,12-13H,2-9H2,1H3,(H,14,15,16);8-9,11-13H,2-7H2,1H3,(H,14,15,16);9,11-12H,2-8H2,1H3,(H,13,14,15);9,11H,3-8H2,1-2H3,(H,12,13,14);8,10-11H,2-7H2,1H3,(H,12,13,14);7H,3-6H2,1-2H3;2*1H/q+2;2*+1;;;;;;;;/p-7/t11-,12-;;;;;;;;;;/m0........../s1. The number of unbranched alkanes of at least 4 members (excludes halogenated alkanes) is 4. The van der Waals surface area contributed by atoms with Crippen molar-refractivity contribution in [3.05, 3.63) is 0 Å². The van der Waals surface area contributed by atoms with Gasteiger partial charge in [-0.3, -0.25) is 24.5 Å². The van der Waals surface area contributed by atoms with Crippen LogP contribution < -0.4 is 29.4 Å². The summed E-state index contributed by atoms with van der Waals surface area (Å²) in [6.45, 7) is 37.6. The van der Waals surface area contributed by atoms with Gasteiger partial charge in [0.25, 0.3) is 0 Å². The first kappa shape index (κ1) is 147. The molecule has 0 spiro atoms. The Morgan fingerprint density at radius 1 is 0.354 bits per heavy atom. The minimum Gasteiger partial charge on any atom is -1.00 e. The molecule has 1 saturated carbocycles. The van der Waals surface area contributed by atoms with Crippen LogP contribution in [0.25, 0.3) is 0 Å². The number of likely N-dealkylation sites (tertiary alicyclic amines) is 1. The first-order chi connectivity index (χ1) is 58.8. The van der Waals surface area contributed by atoms with Crippen molar-refractivity contribution in [2.24, 2.45) is 5.92 Å². The highest BCUT2D eigenvalue weighted by atomic mass is 79.9. The molecular formula is C86H197BrClN12O25S5-3. The van der Waals surface area contributed by atoms with Crippen molar-refractivity contribution in [2.45, 2.75) is 246 Å². The number of likely N-dealkylation sites (N-methyl/N-ethyl adjacent to an activating group) is 7. The SMILES string of the molecule is CC1CCN(C)CC1.CCC(O)CN(C)CCCCS(=O)(=O)[O-].CCC(O)CN(CCO)CC(O)CS(=O)(=O)[O-].CCC(O)CN(CCO)CCCCS(=O)(=O)[O-].CCC(O)CN(CCO)CCCS(=O)(=O)[O-].CCC(O)CN(CCO)CCS(=O)(=O)[O-].CCCC[N+](C)(C)CCN(C)C.CCCC[N+](C)(C)CCN(CC)CC.C[N+](C)(C)[C@H]1CCCC[C@@H]1[N+](C)(C)C.[Br-].[Cl-]. The van der Waals surface area contributed by atoms with Gasteiger partial charge in [-0.1, -0.05) is 82.1 Å². The zero-order chi connectivity index (χ0) is 101. The Bertz CT molecular complexity index is 3100. The molecular weight excluding hydrogens is 1880 g/mol. The van der Waals surface area contributed by atoms with Crippen LogP contribution in [-0.2, 0) is 50.6 Å². The van der Waals surface area contributed by atoms with E-state index in [-0.39, 0.29) is 119 Å². The van der Waals surface area contributed by atoms with E-state index in [2.05, 4.69) is 141 Å². The number of aliphatic hydroxyl groups is 10. The summed E-state index contributed by atoms with van der Waals surface area (Å²) < 4.78 is 160. The first-order valence-corrected chi connectivity index (χ1v) is 54.8. The highest BCUT2D eigenvalue weighted by Crippen LogP contribution is 2.30. The molecule has 0 aromatic rings. The largest absolute Gasteiger partial charge is 1.00 e. The lowest BCUT2D eigenvalue weighted by molar-refractivity contribution is -0.967. The molecule has 1 saturated heterocycles. The van der Waals surface area contributed by atoms with Crippen LogP contribution in [0.5, 0.6) is 0 Å². The predicted octanol–water partition coefficient (Wildman–Crippen LogP) is -4.37. The van der Waals surface area contributed by atoms with E-state index in [1.807, 2.05) is 37.6 Å². The number of quaternary nitrogens is 4. The Morgan fingerprint density at radius 2 is 0.654 bits per heavy atom. The highest BCUT2D eigenvalue weighted by molar-refractivity contribution is 7.86. The maximum absolute atomic E-state index is 10.4. The summed E-state index contributed by atoms with van der Waals surface area (Å²) in [4.78, 5) is 15.8. The molecule has 37 nitrogen and oxygen atoms in total. The van der Waals surface area contributed by atoms with Crippen LogP contribution in [0.3, 0.4) is 0 Å². The van der Waals surface area contributed by atoms with Crippen LogP contribution in [0.4, 0.5) is 0 Å². The van der Waals surface area contributed by atoms with Gasteiger partial charge < -0.3 is 136 Å². The Morgan fingerprint density at radius 3 is 0.954 bits per heavy atom. The summed E-state index contributed by atoms with van der Waals surface area (Å²) in [6.07, 6.45) is 15.2. The fourth-order valence-electron chi connectivity index (χ4n) is 13.4. The molecule has 0 radical (unpaired) electrons. The molecule has 798 valence electrons. The average Bonchev–Trinajstić information content (AvgIpc) is 0.803. The van der Waals surface area contributed by atoms with Crippen LogP contribution in [-0.4, -0.2) is 533 Å². The van der Waals surface area contributed by atoms with Crippen molar-refractivity contribution in [1.82, 2.24) is 39.2 Å². The number of halogens is 2. The van der Waals surface area contributed by atoms with Gasteiger partial charge in [0, 0.05) is 115 Å². The second-order valence-electron chi connectivity index (χ2n) is 37.8. The van der Waals surface area contributed by atoms with E-state index < -0.39 is 98.4 Å². The van der Waals surface area contributed by atoms with Crippen molar-refractivity contribution in [2.75, 3.05) is 311 Å². The first-order valence-electron chi connectivity index (χ1n) is 46.9. The minimum atomic E-state index is -4.47. The van der Waals surface area contributed by atoms with E-state index in [0.29, 0.717) is 110 Å². The van der Waals surface area contributed by atoms with Gasteiger partial charge in [-0.2, -0.15) is 0 Å². The molecule has 1 aliphatic heterocycles. The molecule has 2 rings (SSSR count). The van der Waals surface area contributed by atoms with E-state index in [1.54, 1.807) is 23.6 Å². The van der Waals surface area contributed by atoms with Crippen molar-refractivity contribution in [3.63, 3.8) is 0 Å². The number of nitrogens with zero attached hydrogens (tertiary/aromatic N) is 12. The fraction of sp³-hybridized carbons (Fsp3) is 1.00. The van der Waals surface area contributed by atoms with Gasteiger partial charge in [0.15, 0.2) is 0 Å². The fourth-order valence-corrected chi connectivity index (χ4v) is 16.1. The van der Waals surface area contributed by atoms with Gasteiger partial charge in [0.2, 0.25) is 0 Å². The van der Waals surface area contributed by atoms with Gasteiger partial charge in [0.1, 0.15) is 12.1 Å². The lowest BCUT2D eigenvalue weighted by Crippen LogP contribution is -3.00. The monoisotopic (exact) mass is 2070 g/mol. The zero-order valence-electron chi connectivity index (χ0n) is 85.4. The number of piperidine rings is 1. The molecule has 130 heavy (non-hydrogen) atoms. The smallest absolute Gasteiger partial charge is 0.141 e. The number of rotatable bonds is 60. The number of aliphatic hydroxyl groups excluding tert-OH is 10. The van der Waals surface area contributed by atoms with Gasteiger partial charge in [-0.25, -0.2) is 42.1 Å². The van der Waals surface area contributed by atoms with Gasteiger partial charge >= 0.3 is 0 Å². The maximum atomic E-state index is 10.4. The van der Waals surface area contributed by atoms with Crippen LogP contribution in [0.15, 0.2) is 0 Å². The minimum absolute atomic E-state index is 0. The summed E-state index contributed by atoms with van der Waals surface area (Å²) in [6, 6.07) is 1.67. The van der Waals surface area contributed by atoms with E-state index in [9.17, 15) is 95.5 Å². The van der Waals surface area contributed by atoms with Gasteiger partial charge in [-0.15, -0.1) is 0 Å². The summed E-state index contributed by atoms with van der Waals surface area (Å²) in [5, 5.41) is 91.4. The summed E-state index contributed by atoms with van der Waals surface area (Å²) >= 11 is 0. The molecule has 10 N–H and O–H groups in total. The van der Waals surface area contributed by atoms with E-state index in [4.69, 9.17) is 20.4 Å². The van der Waals surface area contributed by atoms with Crippen molar-refractivity contribution in [3.8, 4) is 0 Å². The Labute approximate surface area is 811 Å². The summed E-state index contributed by atoms with van der Waals surface area (Å²) in [5.41, 5.74) is 0. The lowest BCUT2D eigenvalue weighted by atomic mass is 9.86. The van der Waals surface area contributed by atoms with Crippen molar-refractivity contribution < 1.29 is 163 Å². The molecule has 0 amide bonds. The number of hydrogen-bond acceptors (Lipinski definition) is 33. The number of hydrogen-bond donors (Lipinski definition) is 10.